The van der Waals surface area contributed by atoms with Crippen LogP contribution in [-0.2, 0) is 6.54 Å². The first-order chi connectivity index (χ1) is 12.3. The number of thioether (sulfide) groups is 1. The van der Waals surface area contributed by atoms with Gasteiger partial charge in [0, 0.05) is 17.0 Å². The van der Waals surface area contributed by atoms with Gasteiger partial charge in [-0.2, -0.15) is 0 Å². The Balaban J connectivity index is 2.08. The van der Waals surface area contributed by atoms with Crippen molar-refractivity contribution in [3.05, 3.63) is 42.1 Å². The van der Waals surface area contributed by atoms with Crippen molar-refractivity contribution in [1.82, 2.24) is 4.98 Å². The molecule has 0 amide bonds. The standard InChI is InChI=1S/C19H26N4O2S/c1-19(2,3)26-17-10-13(8-9-21-17)12-22-18(20)23-15-11-14(24-4)6-7-16(15)25-5/h6-11H,12H2,1-5H3,(H3,20,22,23). The van der Waals surface area contributed by atoms with E-state index in [1.54, 1.807) is 32.2 Å². The fourth-order valence-electron chi connectivity index (χ4n) is 2.18. The number of pyridine rings is 1. The number of hydrogen-bond acceptors (Lipinski definition) is 5. The van der Waals surface area contributed by atoms with Crippen molar-refractivity contribution < 1.29 is 9.47 Å². The molecular weight excluding hydrogens is 348 g/mol. The van der Waals surface area contributed by atoms with E-state index in [0.29, 0.717) is 29.7 Å². The molecule has 3 N–H and O–H groups in total. The van der Waals surface area contributed by atoms with Gasteiger partial charge in [0.2, 0.25) is 0 Å². The Bertz CT molecular complexity index is 772. The second-order valence-electron chi connectivity index (χ2n) is 6.61. The van der Waals surface area contributed by atoms with Crippen molar-refractivity contribution in [3.8, 4) is 11.5 Å². The Kier molecular flexibility index (Phi) is 6.74. The average molecular weight is 375 g/mol. The van der Waals surface area contributed by atoms with Crippen molar-refractivity contribution in [2.45, 2.75) is 37.1 Å². The minimum Gasteiger partial charge on any atom is -0.497 e. The Morgan fingerprint density at radius 3 is 2.62 bits per heavy atom. The van der Waals surface area contributed by atoms with Crippen LogP contribution in [0.15, 0.2) is 46.5 Å². The van der Waals surface area contributed by atoms with E-state index in [4.69, 9.17) is 15.2 Å². The maximum Gasteiger partial charge on any atom is 0.193 e. The van der Waals surface area contributed by atoms with Gasteiger partial charge in [-0.05, 0) is 29.8 Å². The molecule has 0 saturated heterocycles. The zero-order valence-corrected chi connectivity index (χ0v) is 16.7. The van der Waals surface area contributed by atoms with Gasteiger partial charge in [-0.25, -0.2) is 9.98 Å². The van der Waals surface area contributed by atoms with Crippen LogP contribution in [0, 0.1) is 0 Å². The number of aromatic nitrogens is 1. The molecule has 0 spiro atoms. The molecular formula is C19H26N4O2S. The van der Waals surface area contributed by atoms with E-state index in [1.165, 1.54) is 0 Å². The molecule has 140 valence electrons. The quantitative estimate of drug-likeness (QED) is 0.453. The van der Waals surface area contributed by atoms with Crippen molar-refractivity contribution >= 4 is 23.4 Å². The van der Waals surface area contributed by atoms with Crippen LogP contribution in [-0.4, -0.2) is 29.9 Å². The molecule has 0 fully saturated rings. The van der Waals surface area contributed by atoms with Gasteiger partial charge in [-0.15, -0.1) is 11.8 Å². The summed E-state index contributed by atoms with van der Waals surface area (Å²) in [5.41, 5.74) is 7.78. The minimum atomic E-state index is 0.110. The first kappa shape index (κ1) is 19.9. The van der Waals surface area contributed by atoms with Crippen molar-refractivity contribution in [2.24, 2.45) is 10.7 Å². The molecule has 1 aromatic heterocycles. The van der Waals surface area contributed by atoms with Crippen LogP contribution in [0.3, 0.4) is 0 Å². The fraction of sp³-hybridized carbons (Fsp3) is 0.368. The molecule has 0 radical (unpaired) electrons. The molecule has 1 aromatic carbocycles. The monoisotopic (exact) mass is 374 g/mol. The maximum atomic E-state index is 6.03. The first-order valence-corrected chi connectivity index (χ1v) is 9.05. The Morgan fingerprint density at radius 2 is 1.96 bits per heavy atom. The SMILES string of the molecule is COc1ccc(OC)c(NC(N)=NCc2ccnc(SC(C)(C)C)c2)c1. The second kappa shape index (κ2) is 8.80. The molecule has 6 nitrogen and oxygen atoms in total. The van der Waals surface area contributed by atoms with E-state index >= 15 is 0 Å². The van der Waals surface area contributed by atoms with Crippen molar-refractivity contribution in [1.29, 1.82) is 0 Å². The van der Waals surface area contributed by atoms with Gasteiger partial charge in [-0.1, -0.05) is 20.8 Å². The van der Waals surface area contributed by atoms with Gasteiger partial charge in [0.25, 0.3) is 0 Å². The number of aliphatic imine (C=N–C) groups is 1. The minimum absolute atomic E-state index is 0.110. The molecule has 0 saturated carbocycles. The number of nitrogens with zero attached hydrogens (tertiary/aromatic N) is 2. The molecule has 2 rings (SSSR count). The summed E-state index contributed by atoms with van der Waals surface area (Å²) in [7, 11) is 3.21. The number of anilines is 1. The number of ether oxygens (including phenoxy) is 2. The summed E-state index contributed by atoms with van der Waals surface area (Å²) in [5, 5.41) is 4.04. The molecule has 2 aromatic rings. The van der Waals surface area contributed by atoms with Crippen LogP contribution in [0.2, 0.25) is 0 Å². The lowest BCUT2D eigenvalue weighted by atomic mass is 10.2. The Hall–Kier alpha value is -2.41. The molecule has 26 heavy (non-hydrogen) atoms. The van der Waals surface area contributed by atoms with Gasteiger partial charge in [0.1, 0.15) is 11.5 Å². The summed E-state index contributed by atoms with van der Waals surface area (Å²) in [5.74, 6) is 1.68. The van der Waals surface area contributed by atoms with Crippen LogP contribution in [0.1, 0.15) is 26.3 Å². The predicted octanol–water partition coefficient (Wildman–Crippen LogP) is 3.92. The normalized spacial score (nSPS) is 12.0. The number of methoxy groups -OCH3 is 2. The highest BCUT2D eigenvalue weighted by atomic mass is 32.2. The van der Waals surface area contributed by atoms with Gasteiger partial charge in [-0.3, -0.25) is 0 Å². The lowest BCUT2D eigenvalue weighted by Crippen LogP contribution is -2.23. The number of hydrogen-bond donors (Lipinski definition) is 2. The molecule has 0 aliphatic carbocycles. The maximum absolute atomic E-state index is 6.03. The summed E-state index contributed by atoms with van der Waals surface area (Å²) in [4.78, 5) is 8.81. The van der Waals surface area contributed by atoms with Crippen LogP contribution >= 0.6 is 11.8 Å². The molecule has 0 bridgehead atoms. The van der Waals surface area contributed by atoms with Crippen LogP contribution in [0.5, 0.6) is 11.5 Å². The van der Waals surface area contributed by atoms with E-state index in [-0.39, 0.29) is 4.75 Å². The van der Waals surface area contributed by atoms with Gasteiger partial charge < -0.3 is 20.5 Å². The average Bonchev–Trinajstić information content (AvgIpc) is 2.58. The highest BCUT2D eigenvalue weighted by Crippen LogP contribution is 2.31. The largest absolute Gasteiger partial charge is 0.497 e. The molecule has 1 heterocycles. The smallest absolute Gasteiger partial charge is 0.193 e. The van der Waals surface area contributed by atoms with E-state index < -0.39 is 0 Å². The fourth-order valence-corrected chi connectivity index (χ4v) is 3.14. The second-order valence-corrected chi connectivity index (χ2v) is 8.46. The highest BCUT2D eigenvalue weighted by molar-refractivity contribution is 8.00. The molecule has 7 heteroatoms. The van der Waals surface area contributed by atoms with Crippen LogP contribution < -0.4 is 20.5 Å². The Labute approximate surface area is 159 Å². The van der Waals surface area contributed by atoms with Crippen LogP contribution in [0.4, 0.5) is 5.69 Å². The highest BCUT2D eigenvalue weighted by Gasteiger charge is 2.13. The molecule has 0 aliphatic rings. The summed E-state index contributed by atoms with van der Waals surface area (Å²) >= 11 is 1.72. The summed E-state index contributed by atoms with van der Waals surface area (Å²) in [6.07, 6.45) is 1.80. The topological polar surface area (TPSA) is 81.8 Å². The van der Waals surface area contributed by atoms with Gasteiger partial charge in [0.05, 0.1) is 31.5 Å². The number of benzene rings is 1. The molecule has 0 unspecified atom stereocenters. The number of nitrogens with two attached hydrogens (primary N) is 1. The zero-order chi connectivity index (χ0) is 19.2. The van der Waals surface area contributed by atoms with Crippen molar-refractivity contribution in [3.63, 3.8) is 0 Å². The zero-order valence-electron chi connectivity index (χ0n) is 15.9. The van der Waals surface area contributed by atoms with E-state index in [0.717, 1.165) is 10.6 Å². The summed E-state index contributed by atoms with van der Waals surface area (Å²) < 4.78 is 10.7. The van der Waals surface area contributed by atoms with E-state index in [2.05, 4.69) is 36.1 Å². The molecule has 0 atom stereocenters. The van der Waals surface area contributed by atoms with E-state index in [1.807, 2.05) is 30.3 Å². The Morgan fingerprint density at radius 1 is 1.19 bits per heavy atom. The van der Waals surface area contributed by atoms with Gasteiger partial charge in [0.15, 0.2) is 5.96 Å². The molecule has 0 aliphatic heterocycles. The number of guanidine groups is 1. The number of rotatable bonds is 6. The van der Waals surface area contributed by atoms with E-state index in [9.17, 15) is 0 Å². The van der Waals surface area contributed by atoms with Crippen molar-refractivity contribution in [2.75, 3.05) is 19.5 Å². The number of nitrogens with one attached hydrogen (secondary N) is 1. The first-order valence-electron chi connectivity index (χ1n) is 8.23. The predicted molar refractivity (Wildman–Crippen MR) is 108 cm³/mol. The van der Waals surface area contributed by atoms with Gasteiger partial charge >= 0.3 is 0 Å². The summed E-state index contributed by atoms with van der Waals surface area (Å²) in [6, 6.07) is 9.43. The summed E-state index contributed by atoms with van der Waals surface area (Å²) in [6.45, 7) is 6.94. The third kappa shape index (κ3) is 6.15. The third-order valence-electron chi connectivity index (χ3n) is 3.31. The lowest BCUT2D eigenvalue weighted by Gasteiger charge is -2.16. The third-order valence-corrected chi connectivity index (χ3v) is 4.36. The lowest BCUT2D eigenvalue weighted by molar-refractivity contribution is 0.405. The van der Waals surface area contributed by atoms with Crippen LogP contribution in [0.25, 0.3) is 0 Å².